The number of carbonyl (C=O) groups is 1. The van der Waals surface area contributed by atoms with Gasteiger partial charge in [-0.25, -0.2) is 0 Å². The van der Waals surface area contributed by atoms with Gasteiger partial charge < -0.3 is 14.5 Å². The Morgan fingerprint density at radius 1 is 1.40 bits per heavy atom. The second-order valence-electron chi connectivity index (χ2n) is 7.81. The lowest BCUT2D eigenvalue weighted by Gasteiger charge is -2.23. The summed E-state index contributed by atoms with van der Waals surface area (Å²) in [6.45, 7) is 7.04. The number of aromatic nitrogens is 2. The van der Waals surface area contributed by atoms with Crippen LogP contribution >= 0.6 is 0 Å². The number of amides is 1. The van der Waals surface area contributed by atoms with Crippen LogP contribution in [0.25, 0.3) is 11.4 Å². The van der Waals surface area contributed by atoms with E-state index in [9.17, 15) is 9.90 Å². The third-order valence-corrected chi connectivity index (χ3v) is 4.37. The Balaban J connectivity index is 1.81. The monoisotopic (exact) mass is 343 g/mol. The van der Waals surface area contributed by atoms with Crippen LogP contribution in [-0.2, 0) is 6.42 Å². The Morgan fingerprint density at radius 2 is 2.20 bits per heavy atom. The number of hydrogen-bond donors (Lipinski definition) is 1. The van der Waals surface area contributed by atoms with E-state index in [-0.39, 0.29) is 24.0 Å². The van der Waals surface area contributed by atoms with E-state index in [4.69, 9.17) is 4.52 Å². The highest BCUT2D eigenvalue weighted by molar-refractivity contribution is 5.95. The standard InChI is InChI=1S/C19H25N3O3/c1-19(2,3)11-16-20-17(21-25-16)13-6-4-7-14(10-13)18(24)22-9-5-8-15(22)12-23/h4,6-7,10,15,23H,5,8-9,11-12H2,1-3H3/t15-/m1/s1. The van der Waals surface area contributed by atoms with E-state index in [1.807, 2.05) is 12.1 Å². The van der Waals surface area contributed by atoms with Gasteiger partial charge in [0.15, 0.2) is 0 Å². The maximum Gasteiger partial charge on any atom is 0.254 e. The first-order chi connectivity index (χ1) is 11.9. The van der Waals surface area contributed by atoms with Crippen molar-refractivity contribution in [3.8, 4) is 11.4 Å². The molecular formula is C19H25N3O3. The fourth-order valence-corrected chi connectivity index (χ4v) is 3.15. The molecule has 0 bridgehead atoms. The van der Waals surface area contributed by atoms with E-state index in [0.717, 1.165) is 18.4 Å². The summed E-state index contributed by atoms with van der Waals surface area (Å²) < 4.78 is 5.34. The van der Waals surface area contributed by atoms with E-state index >= 15 is 0 Å². The molecule has 0 radical (unpaired) electrons. The third kappa shape index (κ3) is 4.07. The summed E-state index contributed by atoms with van der Waals surface area (Å²) in [4.78, 5) is 18.9. The van der Waals surface area contributed by atoms with Gasteiger partial charge in [-0.05, 0) is 30.4 Å². The van der Waals surface area contributed by atoms with Crippen LogP contribution in [0.2, 0.25) is 0 Å². The van der Waals surface area contributed by atoms with Crippen LogP contribution in [0.1, 0.15) is 49.9 Å². The van der Waals surface area contributed by atoms with E-state index in [1.54, 1.807) is 17.0 Å². The highest BCUT2D eigenvalue weighted by Crippen LogP contribution is 2.24. The van der Waals surface area contributed by atoms with Crippen molar-refractivity contribution in [2.75, 3.05) is 13.2 Å². The molecule has 0 unspecified atom stereocenters. The number of rotatable bonds is 4. The molecule has 0 aliphatic carbocycles. The van der Waals surface area contributed by atoms with Gasteiger partial charge >= 0.3 is 0 Å². The zero-order chi connectivity index (χ0) is 18.0. The van der Waals surface area contributed by atoms with Gasteiger partial charge in [-0.3, -0.25) is 4.79 Å². The molecular weight excluding hydrogens is 318 g/mol. The average Bonchev–Trinajstić information content (AvgIpc) is 3.21. The number of aliphatic hydroxyl groups is 1. The quantitative estimate of drug-likeness (QED) is 0.923. The summed E-state index contributed by atoms with van der Waals surface area (Å²) in [5.74, 6) is 1.03. The van der Waals surface area contributed by atoms with Crippen LogP contribution in [0.4, 0.5) is 0 Å². The lowest BCUT2D eigenvalue weighted by molar-refractivity contribution is 0.0677. The minimum Gasteiger partial charge on any atom is -0.394 e. The van der Waals surface area contributed by atoms with Gasteiger partial charge in [0.2, 0.25) is 11.7 Å². The highest BCUT2D eigenvalue weighted by Gasteiger charge is 2.29. The van der Waals surface area contributed by atoms with E-state index in [0.29, 0.717) is 30.2 Å². The van der Waals surface area contributed by atoms with Gasteiger partial charge in [0.25, 0.3) is 5.91 Å². The van der Waals surface area contributed by atoms with Gasteiger partial charge in [-0.2, -0.15) is 4.98 Å². The fraction of sp³-hybridized carbons (Fsp3) is 0.526. The largest absolute Gasteiger partial charge is 0.394 e. The Bertz CT molecular complexity index is 748. The molecule has 3 rings (SSSR count). The van der Waals surface area contributed by atoms with Crippen molar-refractivity contribution in [1.82, 2.24) is 15.0 Å². The SMILES string of the molecule is CC(C)(C)Cc1nc(-c2cccc(C(=O)N3CCC[C@@H]3CO)c2)no1. The highest BCUT2D eigenvalue weighted by atomic mass is 16.5. The normalized spacial score (nSPS) is 17.9. The molecule has 6 nitrogen and oxygen atoms in total. The van der Waals surface area contributed by atoms with Gasteiger partial charge in [0.1, 0.15) is 0 Å². The summed E-state index contributed by atoms with van der Waals surface area (Å²) in [6.07, 6.45) is 2.48. The molecule has 0 spiro atoms. The van der Waals surface area contributed by atoms with Gasteiger partial charge in [0.05, 0.1) is 12.6 Å². The lowest BCUT2D eigenvalue weighted by Crippen LogP contribution is -2.37. The van der Waals surface area contributed by atoms with Crippen LogP contribution in [0, 0.1) is 5.41 Å². The summed E-state index contributed by atoms with van der Waals surface area (Å²) in [6, 6.07) is 7.19. The number of aliphatic hydroxyl groups excluding tert-OH is 1. The Labute approximate surface area is 147 Å². The molecule has 6 heteroatoms. The second kappa shape index (κ2) is 6.96. The second-order valence-corrected chi connectivity index (χ2v) is 7.81. The molecule has 1 amide bonds. The van der Waals surface area contributed by atoms with Crippen molar-refractivity contribution in [2.24, 2.45) is 5.41 Å². The summed E-state index contributed by atoms with van der Waals surface area (Å²) in [7, 11) is 0. The fourth-order valence-electron chi connectivity index (χ4n) is 3.15. The average molecular weight is 343 g/mol. The summed E-state index contributed by atoms with van der Waals surface area (Å²) in [5, 5.41) is 13.5. The van der Waals surface area contributed by atoms with Crippen molar-refractivity contribution >= 4 is 5.91 Å². The number of carbonyl (C=O) groups excluding carboxylic acids is 1. The molecule has 0 saturated carbocycles. The number of nitrogens with zero attached hydrogens (tertiary/aromatic N) is 3. The van der Waals surface area contributed by atoms with Crippen molar-refractivity contribution < 1.29 is 14.4 Å². The first-order valence-electron chi connectivity index (χ1n) is 8.72. The minimum atomic E-state index is -0.0836. The summed E-state index contributed by atoms with van der Waals surface area (Å²) in [5.41, 5.74) is 1.41. The molecule has 134 valence electrons. The van der Waals surface area contributed by atoms with E-state index in [2.05, 4.69) is 30.9 Å². The number of hydrogen-bond acceptors (Lipinski definition) is 5. The zero-order valence-electron chi connectivity index (χ0n) is 15.0. The van der Waals surface area contributed by atoms with E-state index < -0.39 is 0 Å². The Hall–Kier alpha value is -2.21. The maximum atomic E-state index is 12.7. The predicted molar refractivity (Wildman–Crippen MR) is 94.0 cm³/mol. The molecule has 1 aliphatic rings. The molecule has 25 heavy (non-hydrogen) atoms. The van der Waals surface area contributed by atoms with Crippen LogP contribution in [-0.4, -0.2) is 45.2 Å². The molecule has 1 aliphatic heterocycles. The van der Waals surface area contributed by atoms with Crippen LogP contribution in [0.15, 0.2) is 28.8 Å². The Morgan fingerprint density at radius 3 is 2.92 bits per heavy atom. The van der Waals surface area contributed by atoms with Crippen molar-refractivity contribution in [1.29, 1.82) is 0 Å². The molecule has 1 saturated heterocycles. The number of likely N-dealkylation sites (tertiary alicyclic amines) is 1. The molecule has 1 fully saturated rings. The van der Waals surface area contributed by atoms with Crippen molar-refractivity contribution in [2.45, 2.75) is 46.1 Å². The van der Waals surface area contributed by atoms with Crippen LogP contribution < -0.4 is 0 Å². The third-order valence-electron chi connectivity index (χ3n) is 4.37. The van der Waals surface area contributed by atoms with Crippen LogP contribution in [0.5, 0.6) is 0 Å². The first-order valence-corrected chi connectivity index (χ1v) is 8.72. The van der Waals surface area contributed by atoms with Crippen molar-refractivity contribution in [3.63, 3.8) is 0 Å². The maximum absolute atomic E-state index is 12.7. The number of benzene rings is 1. The molecule has 1 aromatic heterocycles. The van der Waals surface area contributed by atoms with E-state index in [1.165, 1.54) is 0 Å². The zero-order valence-corrected chi connectivity index (χ0v) is 15.0. The van der Waals surface area contributed by atoms with Gasteiger partial charge in [-0.1, -0.05) is 38.1 Å². The molecule has 1 aromatic carbocycles. The van der Waals surface area contributed by atoms with Crippen molar-refractivity contribution in [3.05, 3.63) is 35.7 Å². The molecule has 2 heterocycles. The summed E-state index contributed by atoms with van der Waals surface area (Å²) >= 11 is 0. The van der Waals surface area contributed by atoms with Crippen LogP contribution in [0.3, 0.4) is 0 Å². The first kappa shape index (κ1) is 17.6. The Kier molecular flexibility index (Phi) is 4.90. The lowest BCUT2D eigenvalue weighted by atomic mass is 9.92. The predicted octanol–water partition coefficient (Wildman–Crippen LogP) is 2.92. The van der Waals surface area contributed by atoms with Gasteiger partial charge in [-0.15, -0.1) is 0 Å². The molecule has 1 N–H and O–H groups in total. The molecule has 2 aromatic rings. The smallest absolute Gasteiger partial charge is 0.254 e. The topological polar surface area (TPSA) is 79.5 Å². The minimum absolute atomic E-state index is 0.00638. The molecule has 1 atom stereocenters. The van der Waals surface area contributed by atoms with Gasteiger partial charge in [0, 0.05) is 24.1 Å².